The van der Waals surface area contributed by atoms with Crippen LogP contribution < -0.4 is 5.73 Å². The van der Waals surface area contributed by atoms with Gasteiger partial charge in [-0.3, -0.25) is 0 Å². The number of nitrogen functional groups attached to an aromatic ring is 1. The highest BCUT2D eigenvalue weighted by atomic mass is 35.5. The Bertz CT molecular complexity index is 588. The fourth-order valence-electron chi connectivity index (χ4n) is 1.58. The SMILES string of the molecule is CC(C)N(CC(F)(F)F)S(=O)(=O)c1cc(Cl)ccc1N. The lowest BCUT2D eigenvalue weighted by Gasteiger charge is -2.27. The predicted octanol–water partition coefficient (Wildman–Crippen LogP) is 2.88. The Hall–Kier alpha value is -0.990. The summed E-state index contributed by atoms with van der Waals surface area (Å²) in [5.74, 6) is 0. The van der Waals surface area contributed by atoms with Crippen molar-refractivity contribution in [2.75, 3.05) is 12.3 Å². The molecule has 0 spiro atoms. The van der Waals surface area contributed by atoms with Crippen molar-refractivity contribution in [2.45, 2.75) is 31.0 Å². The van der Waals surface area contributed by atoms with Gasteiger partial charge < -0.3 is 5.73 Å². The van der Waals surface area contributed by atoms with Gasteiger partial charge in [0.15, 0.2) is 0 Å². The highest BCUT2D eigenvalue weighted by Crippen LogP contribution is 2.29. The summed E-state index contributed by atoms with van der Waals surface area (Å²) in [6.45, 7) is 1.12. The first kappa shape index (κ1) is 17.1. The second-order valence-electron chi connectivity index (χ2n) is 4.44. The molecular weight excluding hydrogens is 317 g/mol. The van der Waals surface area contributed by atoms with Gasteiger partial charge in [0, 0.05) is 11.1 Å². The van der Waals surface area contributed by atoms with Gasteiger partial charge >= 0.3 is 6.18 Å². The van der Waals surface area contributed by atoms with Crippen molar-refractivity contribution in [3.63, 3.8) is 0 Å². The van der Waals surface area contributed by atoms with E-state index in [0.29, 0.717) is 4.31 Å². The molecule has 2 N–H and O–H groups in total. The van der Waals surface area contributed by atoms with Crippen LogP contribution in [-0.2, 0) is 10.0 Å². The second kappa shape index (κ2) is 5.79. The van der Waals surface area contributed by atoms with E-state index in [1.54, 1.807) is 0 Å². The molecule has 0 aliphatic carbocycles. The Morgan fingerprint density at radius 1 is 1.35 bits per heavy atom. The molecule has 1 aromatic rings. The molecule has 0 aliphatic heterocycles. The minimum absolute atomic E-state index is 0.0773. The maximum absolute atomic E-state index is 12.5. The van der Waals surface area contributed by atoms with E-state index in [1.165, 1.54) is 26.0 Å². The average molecular weight is 331 g/mol. The molecule has 0 unspecified atom stereocenters. The number of hydrogen-bond donors (Lipinski definition) is 1. The quantitative estimate of drug-likeness (QED) is 0.863. The summed E-state index contributed by atoms with van der Waals surface area (Å²) >= 11 is 5.68. The third kappa shape index (κ3) is 4.00. The molecule has 0 fully saturated rings. The predicted molar refractivity (Wildman–Crippen MR) is 70.9 cm³/mol. The third-order valence-corrected chi connectivity index (χ3v) is 4.79. The number of sulfonamides is 1. The standard InChI is InChI=1S/C11H14ClF3N2O2S/c1-7(2)17(6-11(13,14)15)20(18,19)10-5-8(12)3-4-9(10)16/h3-5,7H,6,16H2,1-2H3. The summed E-state index contributed by atoms with van der Waals surface area (Å²) in [5.41, 5.74) is 5.38. The summed E-state index contributed by atoms with van der Waals surface area (Å²) in [6, 6.07) is 2.76. The number of alkyl halides is 3. The molecule has 4 nitrogen and oxygen atoms in total. The number of halogens is 4. The van der Waals surface area contributed by atoms with Crippen molar-refractivity contribution in [3.05, 3.63) is 23.2 Å². The minimum atomic E-state index is -4.65. The van der Waals surface area contributed by atoms with Crippen LogP contribution in [0.15, 0.2) is 23.1 Å². The van der Waals surface area contributed by atoms with Crippen LogP contribution >= 0.6 is 11.6 Å². The molecule has 114 valence electrons. The fraction of sp³-hybridized carbons (Fsp3) is 0.455. The van der Waals surface area contributed by atoms with Crippen molar-refractivity contribution < 1.29 is 21.6 Å². The molecule has 20 heavy (non-hydrogen) atoms. The number of nitrogens with two attached hydrogens (primary N) is 1. The van der Waals surface area contributed by atoms with E-state index in [9.17, 15) is 21.6 Å². The maximum atomic E-state index is 12.5. The van der Waals surface area contributed by atoms with Crippen LogP contribution in [0.25, 0.3) is 0 Å². The molecule has 0 amide bonds. The van der Waals surface area contributed by atoms with Gasteiger partial charge in [-0.15, -0.1) is 0 Å². The van der Waals surface area contributed by atoms with Gasteiger partial charge in [0.1, 0.15) is 11.4 Å². The van der Waals surface area contributed by atoms with Crippen molar-refractivity contribution in [3.8, 4) is 0 Å². The molecular formula is C11H14ClF3N2O2S. The summed E-state index contributed by atoms with van der Waals surface area (Å²) in [5, 5.41) is 0.0773. The molecule has 0 saturated carbocycles. The van der Waals surface area contributed by atoms with Gasteiger partial charge in [0.25, 0.3) is 0 Å². The zero-order valence-corrected chi connectivity index (χ0v) is 12.4. The van der Waals surface area contributed by atoms with Crippen molar-refractivity contribution in [1.82, 2.24) is 4.31 Å². The Morgan fingerprint density at radius 3 is 2.35 bits per heavy atom. The van der Waals surface area contributed by atoms with Crippen LogP contribution in [0.1, 0.15) is 13.8 Å². The Kier molecular flexibility index (Phi) is 4.94. The van der Waals surface area contributed by atoms with Gasteiger partial charge in [-0.1, -0.05) is 11.6 Å². The number of nitrogens with zero attached hydrogens (tertiary/aromatic N) is 1. The van der Waals surface area contributed by atoms with Crippen molar-refractivity contribution >= 4 is 27.3 Å². The minimum Gasteiger partial charge on any atom is -0.398 e. The van der Waals surface area contributed by atoms with Gasteiger partial charge in [-0.2, -0.15) is 17.5 Å². The van der Waals surface area contributed by atoms with E-state index in [1.807, 2.05) is 0 Å². The lowest BCUT2D eigenvalue weighted by molar-refractivity contribution is -0.138. The summed E-state index contributed by atoms with van der Waals surface area (Å²) < 4.78 is 62.6. The summed E-state index contributed by atoms with van der Waals surface area (Å²) in [7, 11) is -4.38. The highest BCUT2D eigenvalue weighted by molar-refractivity contribution is 7.89. The highest BCUT2D eigenvalue weighted by Gasteiger charge is 2.39. The van der Waals surface area contributed by atoms with E-state index in [0.717, 1.165) is 6.07 Å². The van der Waals surface area contributed by atoms with Crippen LogP contribution in [-0.4, -0.2) is 31.5 Å². The number of benzene rings is 1. The Balaban J connectivity index is 3.34. The molecule has 0 aromatic heterocycles. The maximum Gasteiger partial charge on any atom is 0.402 e. The fourth-order valence-corrected chi connectivity index (χ4v) is 3.58. The van der Waals surface area contributed by atoms with Crippen LogP contribution in [0.2, 0.25) is 5.02 Å². The zero-order chi connectivity index (χ0) is 15.7. The normalized spacial score (nSPS) is 13.2. The van der Waals surface area contributed by atoms with Gasteiger partial charge in [0.2, 0.25) is 10.0 Å². The molecule has 9 heteroatoms. The van der Waals surface area contributed by atoms with Crippen molar-refractivity contribution in [1.29, 1.82) is 0 Å². The monoisotopic (exact) mass is 330 g/mol. The molecule has 1 aromatic carbocycles. The van der Waals surface area contributed by atoms with E-state index in [2.05, 4.69) is 0 Å². The van der Waals surface area contributed by atoms with Crippen LogP contribution in [0.3, 0.4) is 0 Å². The second-order valence-corrected chi connectivity index (χ2v) is 6.74. The lowest BCUT2D eigenvalue weighted by atomic mass is 10.3. The first-order chi connectivity index (χ1) is 8.95. The van der Waals surface area contributed by atoms with Gasteiger partial charge in [-0.25, -0.2) is 8.42 Å². The van der Waals surface area contributed by atoms with E-state index in [-0.39, 0.29) is 10.7 Å². The van der Waals surface area contributed by atoms with E-state index in [4.69, 9.17) is 17.3 Å². The first-order valence-electron chi connectivity index (χ1n) is 5.59. The van der Waals surface area contributed by atoms with Crippen LogP contribution in [0.4, 0.5) is 18.9 Å². The first-order valence-corrected chi connectivity index (χ1v) is 7.40. The number of hydrogen-bond acceptors (Lipinski definition) is 3. The molecule has 0 saturated heterocycles. The topological polar surface area (TPSA) is 63.4 Å². The third-order valence-electron chi connectivity index (χ3n) is 2.47. The van der Waals surface area contributed by atoms with Gasteiger partial charge in [-0.05, 0) is 32.0 Å². The average Bonchev–Trinajstić information content (AvgIpc) is 2.27. The van der Waals surface area contributed by atoms with Crippen molar-refractivity contribution in [2.24, 2.45) is 0 Å². The number of rotatable bonds is 4. The Morgan fingerprint density at radius 2 is 1.90 bits per heavy atom. The molecule has 0 heterocycles. The molecule has 1 rings (SSSR count). The van der Waals surface area contributed by atoms with Crippen LogP contribution in [0, 0.1) is 0 Å². The molecule has 0 bridgehead atoms. The largest absolute Gasteiger partial charge is 0.402 e. The zero-order valence-electron chi connectivity index (χ0n) is 10.8. The van der Waals surface area contributed by atoms with Gasteiger partial charge in [0.05, 0.1) is 5.69 Å². The summed E-state index contributed by atoms with van der Waals surface area (Å²) in [6.07, 6.45) is -4.65. The molecule has 0 atom stereocenters. The van der Waals surface area contributed by atoms with E-state index < -0.39 is 33.7 Å². The number of anilines is 1. The van der Waals surface area contributed by atoms with E-state index >= 15 is 0 Å². The Labute approximate surface area is 120 Å². The molecule has 0 aliphatic rings. The van der Waals surface area contributed by atoms with Crippen LogP contribution in [0.5, 0.6) is 0 Å². The summed E-state index contributed by atoms with van der Waals surface area (Å²) in [4.78, 5) is -0.428. The molecule has 0 radical (unpaired) electrons. The lowest BCUT2D eigenvalue weighted by Crippen LogP contribution is -2.43. The smallest absolute Gasteiger partial charge is 0.398 e.